The van der Waals surface area contributed by atoms with E-state index in [0.29, 0.717) is 29.5 Å². The molecule has 27 heavy (non-hydrogen) atoms. The highest BCUT2D eigenvalue weighted by molar-refractivity contribution is 7.90. The van der Waals surface area contributed by atoms with E-state index in [1.807, 2.05) is 13.8 Å². The zero-order valence-electron chi connectivity index (χ0n) is 15.7. The Labute approximate surface area is 159 Å². The average Bonchev–Trinajstić information content (AvgIpc) is 2.59. The third-order valence-electron chi connectivity index (χ3n) is 3.81. The number of aromatic nitrogens is 1. The number of nitrogens with one attached hydrogen (secondary N) is 1. The maximum absolute atomic E-state index is 12.1. The molecular formula is C19H25N3O4S. The van der Waals surface area contributed by atoms with Crippen LogP contribution in [0.4, 0.5) is 0 Å². The number of ether oxygens (including phenoxy) is 1. The van der Waals surface area contributed by atoms with Gasteiger partial charge in [-0.15, -0.1) is 0 Å². The van der Waals surface area contributed by atoms with Crippen molar-refractivity contribution in [2.24, 2.45) is 11.7 Å². The highest BCUT2D eigenvalue weighted by Gasteiger charge is 2.16. The predicted octanol–water partition coefficient (Wildman–Crippen LogP) is 2.27. The van der Waals surface area contributed by atoms with Crippen LogP contribution in [0.2, 0.25) is 0 Å². The molecule has 2 rings (SSSR count). The number of carbonyl (C=O) groups is 1. The van der Waals surface area contributed by atoms with Crippen molar-refractivity contribution in [3.8, 4) is 11.6 Å². The summed E-state index contributed by atoms with van der Waals surface area (Å²) in [7, 11) is -3.34. The molecular weight excluding hydrogens is 366 g/mol. The van der Waals surface area contributed by atoms with Gasteiger partial charge >= 0.3 is 0 Å². The molecule has 0 fully saturated rings. The highest BCUT2D eigenvalue weighted by atomic mass is 32.2. The van der Waals surface area contributed by atoms with E-state index in [2.05, 4.69) is 10.3 Å². The second-order valence-electron chi connectivity index (χ2n) is 6.77. The summed E-state index contributed by atoms with van der Waals surface area (Å²) in [5.41, 5.74) is 6.55. The van der Waals surface area contributed by atoms with E-state index < -0.39 is 15.9 Å². The van der Waals surface area contributed by atoms with E-state index in [4.69, 9.17) is 10.5 Å². The van der Waals surface area contributed by atoms with Gasteiger partial charge in [0.1, 0.15) is 5.75 Å². The van der Waals surface area contributed by atoms with Gasteiger partial charge in [0.2, 0.25) is 11.8 Å². The molecule has 0 spiro atoms. The fourth-order valence-corrected chi connectivity index (χ4v) is 3.11. The average molecular weight is 391 g/mol. The Bertz CT molecular complexity index is 897. The van der Waals surface area contributed by atoms with Crippen molar-refractivity contribution in [3.63, 3.8) is 0 Å². The van der Waals surface area contributed by atoms with Crippen LogP contribution in [0.25, 0.3) is 0 Å². The molecule has 146 valence electrons. The monoisotopic (exact) mass is 391 g/mol. The van der Waals surface area contributed by atoms with Gasteiger partial charge in [0.25, 0.3) is 0 Å². The Morgan fingerprint density at radius 1 is 1.26 bits per heavy atom. The van der Waals surface area contributed by atoms with Crippen LogP contribution < -0.4 is 15.8 Å². The van der Waals surface area contributed by atoms with Crippen LogP contribution in [0.15, 0.2) is 47.5 Å². The maximum Gasteiger partial charge on any atom is 0.237 e. The predicted molar refractivity (Wildman–Crippen MR) is 103 cm³/mol. The lowest BCUT2D eigenvalue weighted by molar-refractivity contribution is -0.122. The first-order valence-electron chi connectivity index (χ1n) is 8.62. The summed E-state index contributed by atoms with van der Waals surface area (Å²) in [5, 5.41) is 2.79. The zero-order valence-corrected chi connectivity index (χ0v) is 16.5. The third kappa shape index (κ3) is 6.33. The molecule has 3 N–H and O–H groups in total. The molecule has 0 saturated carbocycles. The van der Waals surface area contributed by atoms with E-state index >= 15 is 0 Å². The molecule has 0 aliphatic rings. The zero-order chi connectivity index (χ0) is 20.0. The molecule has 8 heteroatoms. The summed E-state index contributed by atoms with van der Waals surface area (Å²) in [6.45, 7) is 4.22. The van der Waals surface area contributed by atoms with Gasteiger partial charge in [-0.1, -0.05) is 26.0 Å². The van der Waals surface area contributed by atoms with Crippen molar-refractivity contribution in [3.05, 3.63) is 48.2 Å². The van der Waals surface area contributed by atoms with Gasteiger partial charge in [-0.25, -0.2) is 13.4 Å². The number of pyridine rings is 1. The number of benzene rings is 1. The molecule has 0 aliphatic carbocycles. The first-order chi connectivity index (χ1) is 12.7. The molecule has 0 saturated heterocycles. The molecule has 1 aromatic heterocycles. The lowest BCUT2D eigenvalue weighted by Crippen LogP contribution is -2.41. The van der Waals surface area contributed by atoms with Gasteiger partial charge in [0, 0.05) is 24.6 Å². The topological polar surface area (TPSA) is 111 Å². The van der Waals surface area contributed by atoms with E-state index in [9.17, 15) is 13.2 Å². The summed E-state index contributed by atoms with van der Waals surface area (Å²) >= 11 is 0. The Hall–Kier alpha value is -2.45. The van der Waals surface area contributed by atoms with Gasteiger partial charge in [-0.05, 0) is 36.6 Å². The Balaban J connectivity index is 2.11. The van der Waals surface area contributed by atoms with Crippen LogP contribution >= 0.6 is 0 Å². The van der Waals surface area contributed by atoms with Gasteiger partial charge in [0.05, 0.1) is 10.9 Å². The lowest BCUT2D eigenvalue weighted by Gasteiger charge is -2.15. The minimum absolute atomic E-state index is 0.158. The second kappa shape index (κ2) is 8.96. The Morgan fingerprint density at radius 2 is 2.00 bits per heavy atom. The SMILES string of the molecule is CC(C)C[C@H](N)C(=O)NCc1cccnc1Oc1cccc(S(C)(=O)=O)c1. The van der Waals surface area contributed by atoms with Gasteiger partial charge in [-0.3, -0.25) is 4.79 Å². The highest BCUT2D eigenvalue weighted by Crippen LogP contribution is 2.25. The summed E-state index contributed by atoms with van der Waals surface area (Å²) in [6.07, 6.45) is 3.29. The van der Waals surface area contributed by atoms with Crippen LogP contribution in [0.5, 0.6) is 11.6 Å². The molecule has 1 heterocycles. The molecule has 0 bridgehead atoms. The van der Waals surface area contributed by atoms with Crippen molar-refractivity contribution in [2.45, 2.75) is 37.8 Å². The summed E-state index contributed by atoms with van der Waals surface area (Å²) in [6, 6.07) is 9.11. The minimum atomic E-state index is -3.34. The Morgan fingerprint density at radius 3 is 2.67 bits per heavy atom. The first kappa shape index (κ1) is 20.9. The number of sulfone groups is 1. The molecule has 0 radical (unpaired) electrons. The fourth-order valence-electron chi connectivity index (χ4n) is 2.46. The van der Waals surface area contributed by atoms with Crippen LogP contribution in [0.1, 0.15) is 25.8 Å². The number of rotatable bonds is 8. The second-order valence-corrected chi connectivity index (χ2v) is 8.79. The molecule has 1 amide bonds. The van der Waals surface area contributed by atoms with Crippen molar-refractivity contribution in [2.75, 3.05) is 6.26 Å². The largest absolute Gasteiger partial charge is 0.439 e. The molecule has 7 nitrogen and oxygen atoms in total. The van der Waals surface area contributed by atoms with Crippen LogP contribution in [0.3, 0.4) is 0 Å². The molecule has 1 aromatic carbocycles. The first-order valence-corrected chi connectivity index (χ1v) is 10.5. The summed E-state index contributed by atoms with van der Waals surface area (Å²) in [4.78, 5) is 16.5. The third-order valence-corrected chi connectivity index (χ3v) is 4.92. The summed E-state index contributed by atoms with van der Waals surface area (Å²) < 4.78 is 29.1. The lowest BCUT2D eigenvalue weighted by atomic mass is 10.0. The quantitative estimate of drug-likeness (QED) is 0.714. The van der Waals surface area contributed by atoms with E-state index in [1.165, 1.54) is 12.1 Å². The number of amides is 1. The van der Waals surface area contributed by atoms with E-state index in [0.717, 1.165) is 6.26 Å². The molecule has 2 aromatic rings. The fraction of sp³-hybridized carbons (Fsp3) is 0.368. The maximum atomic E-state index is 12.1. The molecule has 0 unspecified atom stereocenters. The van der Waals surface area contributed by atoms with Gasteiger partial charge in [0.15, 0.2) is 9.84 Å². The standard InChI is InChI=1S/C19H25N3O4S/c1-13(2)10-17(20)18(23)22-12-14-6-5-9-21-19(14)26-15-7-4-8-16(11-15)27(3,24)25/h4-9,11,13,17H,10,12,20H2,1-3H3,(H,22,23)/t17-/m0/s1. The number of nitrogens with zero attached hydrogens (tertiary/aromatic N) is 1. The normalized spacial score (nSPS) is 12.6. The number of hydrogen-bond acceptors (Lipinski definition) is 6. The smallest absolute Gasteiger partial charge is 0.237 e. The molecule has 0 aliphatic heterocycles. The summed E-state index contributed by atoms with van der Waals surface area (Å²) in [5.74, 6) is 0.726. The van der Waals surface area contributed by atoms with E-state index in [-0.39, 0.29) is 17.3 Å². The van der Waals surface area contributed by atoms with Crippen molar-refractivity contribution in [1.29, 1.82) is 0 Å². The van der Waals surface area contributed by atoms with Gasteiger partial charge < -0.3 is 15.8 Å². The number of hydrogen-bond donors (Lipinski definition) is 2. The Kier molecular flexibility index (Phi) is 6.92. The van der Waals surface area contributed by atoms with Crippen LogP contribution in [0, 0.1) is 5.92 Å². The van der Waals surface area contributed by atoms with Crippen LogP contribution in [-0.4, -0.2) is 31.6 Å². The van der Waals surface area contributed by atoms with Gasteiger partial charge in [-0.2, -0.15) is 0 Å². The van der Waals surface area contributed by atoms with E-state index in [1.54, 1.807) is 30.5 Å². The number of nitrogens with two attached hydrogens (primary N) is 1. The van der Waals surface area contributed by atoms with Crippen LogP contribution in [-0.2, 0) is 21.2 Å². The van der Waals surface area contributed by atoms with Crippen molar-refractivity contribution < 1.29 is 17.9 Å². The number of carbonyl (C=O) groups excluding carboxylic acids is 1. The van der Waals surface area contributed by atoms with Crippen molar-refractivity contribution >= 4 is 15.7 Å². The van der Waals surface area contributed by atoms with Crippen molar-refractivity contribution in [1.82, 2.24) is 10.3 Å². The molecule has 1 atom stereocenters. The minimum Gasteiger partial charge on any atom is -0.439 e.